The first-order valence-electron chi connectivity index (χ1n) is 12.7. The van der Waals surface area contributed by atoms with Crippen LogP contribution in [0, 0.1) is 0 Å². The zero-order valence-electron chi connectivity index (χ0n) is 20.6. The number of carboxylic acid groups (broad SMARTS) is 1. The highest BCUT2D eigenvalue weighted by molar-refractivity contribution is 5.66. The smallest absolute Gasteiger partial charge is 0.303 e. The predicted octanol–water partition coefficient (Wildman–Crippen LogP) is 4.47. The fourth-order valence-corrected chi connectivity index (χ4v) is 3.18. The number of unbranched alkanes of at least 4 members (excludes halogenated alkanes) is 12. The molecule has 0 bridgehead atoms. The second kappa shape index (κ2) is 28.8. The van der Waals surface area contributed by atoms with Gasteiger partial charge in [-0.2, -0.15) is 0 Å². The molecule has 0 aromatic carbocycles. The Labute approximate surface area is 200 Å². The van der Waals surface area contributed by atoms with Crippen LogP contribution in [0.5, 0.6) is 0 Å². The van der Waals surface area contributed by atoms with Gasteiger partial charge in [-0.15, -0.1) is 0 Å². The van der Waals surface area contributed by atoms with Crippen LogP contribution in [0.3, 0.4) is 0 Å². The molecular formula is C24H48N2O7. The Kier molecular flexibility index (Phi) is 27.7. The molecule has 0 heterocycles. The third kappa shape index (κ3) is 30.7. The largest absolute Gasteiger partial charge is 0.481 e. The average Bonchev–Trinajstić information content (AvgIpc) is 2.80. The van der Waals surface area contributed by atoms with Crippen molar-refractivity contribution in [3.8, 4) is 0 Å². The normalized spacial score (nSPS) is 11.4. The van der Waals surface area contributed by atoms with Gasteiger partial charge >= 0.3 is 5.97 Å². The van der Waals surface area contributed by atoms with Gasteiger partial charge < -0.3 is 29.0 Å². The highest BCUT2D eigenvalue weighted by Crippen LogP contribution is 2.12. The summed E-state index contributed by atoms with van der Waals surface area (Å²) >= 11 is 0. The second-order valence-electron chi connectivity index (χ2n) is 8.00. The standard InChI is InChI=1S/C24H48N2O7/c25-32-22-20-30-18-16-29-17-19-31-21-23-33-26-15-13-11-9-7-5-3-1-2-4-6-8-10-12-14-24(27)28/h15H,1-14,16-23,25H2,(H,27,28)/b26-15-. The monoisotopic (exact) mass is 476 g/mol. The molecular weight excluding hydrogens is 428 g/mol. The number of aliphatic carboxylic acids is 1. The third-order valence-electron chi connectivity index (χ3n) is 5.03. The lowest BCUT2D eigenvalue weighted by atomic mass is 10.0. The average molecular weight is 477 g/mol. The van der Waals surface area contributed by atoms with Gasteiger partial charge in [0.2, 0.25) is 0 Å². The van der Waals surface area contributed by atoms with E-state index in [1.165, 1.54) is 57.8 Å². The van der Waals surface area contributed by atoms with E-state index in [-0.39, 0.29) is 0 Å². The lowest BCUT2D eigenvalue weighted by molar-refractivity contribution is -0.137. The Morgan fingerprint density at radius 2 is 1.06 bits per heavy atom. The van der Waals surface area contributed by atoms with Gasteiger partial charge in [0.05, 0.1) is 46.2 Å². The molecule has 0 aromatic heterocycles. The molecule has 0 aliphatic rings. The van der Waals surface area contributed by atoms with Crippen LogP contribution in [0.1, 0.15) is 89.9 Å². The van der Waals surface area contributed by atoms with Crippen LogP contribution in [0.25, 0.3) is 0 Å². The molecule has 196 valence electrons. The fourth-order valence-electron chi connectivity index (χ4n) is 3.18. The molecule has 0 rings (SSSR count). The van der Waals surface area contributed by atoms with Crippen LogP contribution < -0.4 is 5.90 Å². The summed E-state index contributed by atoms with van der Waals surface area (Å²) in [6, 6.07) is 0. The molecule has 9 heteroatoms. The summed E-state index contributed by atoms with van der Waals surface area (Å²) < 4.78 is 16.0. The molecule has 0 unspecified atom stereocenters. The molecule has 0 saturated carbocycles. The number of carboxylic acids is 1. The van der Waals surface area contributed by atoms with Gasteiger partial charge in [0, 0.05) is 12.6 Å². The number of nitrogens with two attached hydrogens (primary N) is 1. The van der Waals surface area contributed by atoms with Crippen molar-refractivity contribution < 1.29 is 33.8 Å². The van der Waals surface area contributed by atoms with Crippen molar-refractivity contribution in [2.75, 3.05) is 52.9 Å². The molecule has 9 nitrogen and oxygen atoms in total. The summed E-state index contributed by atoms with van der Waals surface area (Å²) in [5.41, 5.74) is 0. The summed E-state index contributed by atoms with van der Waals surface area (Å²) in [6.45, 7) is 3.87. The number of rotatable bonds is 28. The quantitative estimate of drug-likeness (QED) is 0.0963. The van der Waals surface area contributed by atoms with E-state index in [1.807, 2.05) is 6.21 Å². The van der Waals surface area contributed by atoms with E-state index in [2.05, 4.69) is 9.99 Å². The highest BCUT2D eigenvalue weighted by Gasteiger charge is 1.97. The topological polar surface area (TPSA) is 122 Å². The van der Waals surface area contributed by atoms with Crippen LogP contribution >= 0.6 is 0 Å². The summed E-state index contributed by atoms with van der Waals surface area (Å²) in [5, 5.41) is 12.5. The molecule has 3 N–H and O–H groups in total. The molecule has 0 atom stereocenters. The number of oxime groups is 1. The van der Waals surface area contributed by atoms with Gasteiger partial charge in [0.25, 0.3) is 0 Å². The molecule has 0 radical (unpaired) electrons. The first-order chi connectivity index (χ1) is 16.3. The number of carbonyl (C=O) groups is 1. The van der Waals surface area contributed by atoms with E-state index in [4.69, 9.17) is 30.1 Å². The number of ether oxygens (including phenoxy) is 3. The van der Waals surface area contributed by atoms with E-state index in [0.717, 1.165) is 25.7 Å². The molecule has 0 saturated heterocycles. The minimum atomic E-state index is -0.677. The zero-order chi connectivity index (χ0) is 24.1. The number of nitrogens with zero attached hydrogens (tertiary/aromatic N) is 1. The van der Waals surface area contributed by atoms with Crippen LogP contribution in [0.4, 0.5) is 0 Å². The van der Waals surface area contributed by atoms with E-state index >= 15 is 0 Å². The Hall–Kier alpha value is -1.26. The number of hydrogen-bond donors (Lipinski definition) is 2. The lowest BCUT2D eigenvalue weighted by Gasteiger charge is -2.06. The van der Waals surface area contributed by atoms with Crippen LogP contribution in [-0.4, -0.2) is 70.1 Å². The van der Waals surface area contributed by atoms with Crippen molar-refractivity contribution in [3.63, 3.8) is 0 Å². The lowest BCUT2D eigenvalue weighted by Crippen LogP contribution is -2.13. The Bertz CT molecular complexity index is 426. The Balaban J connectivity index is 3.08. The summed E-state index contributed by atoms with van der Waals surface area (Å²) in [7, 11) is 0. The molecule has 0 aromatic rings. The van der Waals surface area contributed by atoms with Crippen LogP contribution in [0.15, 0.2) is 5.16 Å². The molecule has 0 spiro atoms. The fraction of sp³-hybridized carbons (Fsp3) is 0.917. The maximum atomic E-state index is 10.4. The maximum absolute atomic E-state index is 10.4. The van der Waals surface area contributed by atoms with Crippen molar-refractivity contribution >= 4 is 12.2 Å². The molecule has 33 heavy (non-hydrogen) atoms. The summed E-state index contributed by atoms with van der Waals surface area (Å²) in [4.78, 5) is 20.0. The summed E-state index contributed by atoms with van der Waals surface area (Å²) in [6.07, 6.45) is 17.6. The summed E-state index contributed by atoms with van der Waals surface area (Å²) in [5.74, 6) is 4.20. The Morgan fingerprint density at radius 3 is 1.55 bits per heavy atom. The van der Waals surface area contributed by atoms with E-state index in [9.17, 15) is 4.79 Å². The number of hydrogen-bond acceptors (Lipinski definition) is 8. The highest BCUT2D eigenvalue weighted by atomic mass is 16.6. The van der Waals surface area contributed by atoms with Crippen molar-refractivity contribution in [2.24, 2.45) is 11.1 Å². The minimum absolute atomic E-state index is 0.315. The van der Waals surface area contributed by atoms with Gasteiger partial charge in [-0.05, 0) is 19.3 Å². The van der Waals surface area contributed by atoms with Crippen LogP contribution in [-0.2, 0) is 28.7 Å². The van der Waals surface area contributed by atoms with Gasteiger partial charge in [-0.3, -0.25) is 4.79 Å². The van der Waals surface area contributed by atoms with Crippen molar-refractivity contribution in [2.45, 2.75) is 89.9 Å². The molecule has 0 aliphatic heterocycles. The van der Waals surface area contributed by atoms with Gasteiger partial charge in [0.1, 0.15) is 6.61 Å². The third-order valence-corrected chi connectivity index (χ3v) is 5.03. The van der Waals surface area contributed by atoms with E-state index in [0.29, 0.717) is 59.3 Å². The predicted molar refractivity (Wildman–Crippen MR) is 129 cm³/mol. The molecule has 0 aliphatic carbocycles. The van der Waals surface area contributed by atoms with E-state index in [1.54, 1.807) is 0 Å². The van der Waals surface area contributed by atoms with Gasteiger partial charge in [-0.1, -0.05) is 69.4 Å². The maximum Gasteiger partial charge on any atom is 0.303 e. The van der Waals surface area contributed by atoms with Crippen LogP contribution in [0.2, 0.25) is 0 Å². The molecule has 0 fully saturated rings. The zero-order valence-corrected chi connectivity index (χ0v) is 20.6. The SMILES string of the molecule is NOCCOCCOCCOCCO/N=C\CCCCCCCCCCCCCCC(=O)O. The van der Waals surface area contributed by atoms with E-state index < -0.39 is 5.97 Å². The van der Waals surface area contributed by atoms with Crippen molar-refractivity contribution in [1.82, 2.24) is 0 Å². The van der Waals surface area contributed by atoms with Crippen molar-refractivity contribution in [3.05, 3.63) is 0 Å². The first kappa shape index (κ1) is 31.7. The first-order valence-corrected chi connectivity index (χ1v) is 12.7. The minimum Gasteiger partial charge on any atom is -0.481 e. The van der Waals surface area contributed by atoms with Gasteiger partial charge in [-0.25, -0.2) is 5.90 Å². The Morgan fingerprint density at radius 1 is 0.636 bits per heavy atom. The molecule has 0 amide bonds. The second-order valence-corrected chi connectivity index (χ2v) is 8.00. The van der Waals surface area contributed by atoms with Gasteiger partial charge in [0.15, 0.2) is 0 Å². The van der Waals surface area contributed by atoms with Crippen molar-refractivity contribution in [1.29, 1.82) is 0 Å².